The molecule has 2 aliphatic rings. The highest BCUT2D eigenvalue weighted by Crippen LogP contribution is 2.40. The van der Waals surface area contributed by atoms with Crippen molar-refractivity contribution in [1.82, 2.24) is 25.3 Å². The van der Waals surface area contributed by atoms with Crippen LogP contribution >= 0.6 is 0 Å². The number of rotatable bonds is 7. The molecule has 2 aromatic heterocycles. The van der Waals surface area contributed by atoms with E-state index >= 15 is 0 Å². The summed E-state index contributed by atoms with van der Waals surface area (Å²) in [6.07, 6.45) is 9.14. The van der Waals surface area contributed by atoms with Gasteiger partial charge in [-0.2, -0.15) is 4.98 Å². The molecule has 8 heteroatoms. The number of carbonyl (C=O) groups is 1. The topological polar surface area (TPSA) is 93.4 Å². The monoisotopic (exact) mass is 399 g/mol. The lowest BCUT2D eigenvalue weighted by Crippen LogP contribution is -2.39. The van der Waals surface area contributed by atoms with E-state index in [9.17, 15) is 4.79 Å². The van der Waals surface area contributed by atoms with E-state index in [2.05, 4.69) is 21.5 Å². The van der Waals surface area contributed by atoms with Gasteiger partial charge in [0.25, 0.3) is 0 Å². The summed E-state index contributed by atoms with van der Waals surface area (Å²) in [7, 11) is 1.66. The summed E-state index contributed by atoms with van der Waals surface area (Å²) in [5.74, 6) is 1.93. The second-order valence-corrected chi connectivity index (χ2v) is 7.95. The molecule has 0 radical (unpaired) electrons. The minimum atomic E-state index is -0.0620. The van der Waals surface area contributed by atoms with Crippen molar-refractivity contribution in [3.8, 4) is 0 Å². The molecule has 2 fully saturated rings. The van der Waals surface area contributed by atoms with Gasteiger partial charge in [0.15, 0.2) is 5.82 Å². The van der Waals surface area contributed by atoms with Crippen molar-refractivity contribution in [2.75, 3.05) is 33.4 Å². The van der Waals surface area contributed by atoms with Crippen LogP contribution in [0, 0.1) is 0 Å². The van der Waals surface area contributed by atoms with Crippen LogP contribution in [0.5, 0.6) is 0 Å². The Morgan fingerprint density at radius 2 is 2.14 bits per heavy atom. The largest absolute Gasteiger partial charge is 0.385 e. The highest BCUT2D eigenvalue weighted by molar-refractivity contribution is 5.74. The first-order valence-corrected chi connectivity index (χ1v) is 10.5. The van der Waals surface area contributed by atoms with Gasteiger partial charge in [0.1, 0.15) is 0 Å². The number of nitrogens with one attached hydrogen (secondary N) is 1. The number of carbonyl (C=O) groups excluding carboxylic acids is 1. The lowest BCUT2D eigenvalue weighted by atomic mass is 9.90. The third-order valence-corrected chi connectivity index (χ3v) is 6.02. The zero-order valence-corrected chi connectivity index (χ0v) is 16.9. The summed E-state index contributed by atoms with van der Waals surface area (Å²) in [4.78, 5) is 23.5. The number of amides is 2. The van der Waals surface area contributed by atoms with Crippen LogP contribution in [0.2, 0.25) is 0 Å². The Kier molecular flexibility index (Phi) is 6.39. The smallest absolute Gasteiger partial charge is 0.317 e. The van der Waals surface area contributed by atoms with Gasteiger partial charge in [-0.1, -0.05) is 24.1 Å². The molecule has 1 saturated heterocycles. The summed E-state index contributed by atoms with van der Waals surface area (Å²) in [6.45, 7) is 2.39. The minimum Gasteiger partial charge on any atom is -0.385 e. The zero-order valence-electron chi connectivity index (χ0n) is 16.9. The number of aromatic nitrogens is 3. The predicted molar refractivity (Wildman–Crippen MR) is 107 cm³/mol. The highest BCUT2D eigenvalue weighted by atomic mass is 16.5. The Morgan fingerprint density at radius 3 is 2.90 bits per heavy atom. The van der Waals surface area contributed by atoms with Gasteiger partial charge in [-0.15, -0.1) is 0 Å². The van der Waals surface area contributed by atoms with Crippen molar-refractivity contribution in [3.05, 3.63) is 41.8 Å². The summed E-state index contributed by atoms with van der Waals surface area (Å²) in [6, 6.07) is 3.92. The fraction of sp³-hybridized carbons (Fsp3) is 0.619. The number of likely N-dealkylation sites (tertiary alicyclic amines) is 1. The molecule has 0 bridgehead atoms. The summed E-state index contributed by atoms with van der Waals surface area (Å²) in [5, 5.41) is 7.25. The first kappa shape index (κ1) is 19.8. The predicted octanol–water partition coefficient (Wildman–Crippen LogP) is 3.05. The molecule has 2 amide bonds. The standard InChI is InChI=1S/C21H29N5O3/c1-28-11-5-10-23-21(27)26-13-17(16-8-4-9-22-12-16)18(14-26)20-24-19(25-29-20)15-6-2-3-7-15/h4,8-9,12,15,17-18H,2-3,5-7,10-11,13-14H2,1H3,(H,23,27)/t17-,18+/m0/s1. The van der Waals surface area contributed by atoms with Gasteiger partial charge in [0.2, 0.25) is 5.89 Å². The van der Waals surface area contributed by atoms with Crippen molar-refractivity contribution in [2.24, 2.45) is 0 Å². The molecule has 1 aliphatic carbocycles. The first-order valence-electron chi connectivity index (χ1n) is 10.5. The van der Waals surface area contributed by atoms with Crippen LogP contribution in [0.4, 0.5) is 4.79 Å². The van der Waals surface area contributed by atoms with Crippen LogP contribution in [0.15, 0.2) is 29.0 Å². The van der Waals surface area contributed by atoms with Crippen LogP contribution in [-0.4, -0.2) is 59.4 Å². The quantitative estimate of drug-likeness (QED) is 0.719. The number of urea groups is 1. The highest BCUT2D eigenvalue weighted by Gasteiger charge is 2.40. The van der Waals surface area contributed by atoms with E-state index in [4.69, 9.17) is 14.2 Å². The van der Waals surface area contributed by atoms with Crippen LogP contribution in [0.1, 0.15) is 67.1 Å². The fourth-order valence-corrected chi connectivity index (χ4v) is 4.42. The summed E-state index contributed by atoms with van der Waals surface area (Å²) >= 11 is 0. The molecule has 1 saturated carbocycles. The molecule has 3 heterocycles. The molecule has 0 spiro atoms. The van der Waals surface area contributed by atoms with Crippen LogP contribution < -0.4 is 5.32 Å². The molecule has 8 nitrogen and oxygen atoms in total. The van der Waals surface area contributed by atoms with Gasteiger partial charge in [-0.05, 0) is 30.9 Å². The van der Waals surface area contributed by atoms with Crippen molar-refractivity contribution in [2.45, 2.75) is 49.9 Å². The molecule has 0 aromatic carbocycles. The molecule has 4 rings (SSSR count). The van der Waals surface area contributed by atoms with Crippen molar-refractivity contribution in [1.29, 1.82) is 0 Å². The molecular formula is C21H29N5O3. The molecule has 156 valence electrons. The average Bonchev–Trinajstić information content (AvgIpc) is 3.51. The molecule has 2 atom stereocenters. The van der Waals surface area contributed by atoms with Crippen LogP contribution in [0.25, 0.3) is 0 Å². The Morgan fingerprint density at radius 1 is 1.31 bits per heavy atom. The molecule has 1 aliphatic heterocycles. The van der Waals surface area contributed by atoms with E-state index in [1.54, 1.807) is 13.3 Å². The molecule has 0 unspecified atom stereocenters. The van der Waals surface area contributed by atoms with E-state index in [0.29, 0.717) is 38.0 Å². The van der Waals surface area contributed by atoms with Crippen LogP contribution in [0.3, 0.4) is 0 Å². The maximum atomic E-state index is 12.7. The van der Waals surface area contributed by atoms with Gasteiger partial charge >= 0.3 is 6.03 Å². The van der Waals surface area contributed by atoms with Gasteiger partial charge < -0.3 is 19.5 Å². The Hall–Kier alpha value is -2.48. The second-order valence-electron chi connectivity index (χ2n) is 7.95. The Balaban J connectivity index is 1.49. The molecule has 1 N–H and O–H groups in total. The zero-order chi connectivity index (χ0) is 20.1. The molecular weight excluding hydrogens is 370 g/mol. The SMILES string of the molecule is COCCCNC(=O)N1C[C@@H](c2cccnc2)[C@H](c2nc(C3CCCC3)no2)C1. The Labute approximate surface area is 171 Å². The average molecular weight is 399 g/mol. The maximum Gasteiger partial charge on any atom is 0.317 e. The van der Waals surface area contributed by atoms with E-state index in [1.165, 1.54) is 12.8 Å². The van der Waals surface area contributed by atoms with E-state index in [1.807, 2.05) is 17.2 Å². The number of hydrogen-bond donors (Lipinski definition) is 1. The second kappa shape index (κ2) is 9.35. The third-order valence-electron chi connectivity index (χ3n) is 6.02. The van der Waals surface area contributed by atoms with Gasteiger partial charge in [-0.25, -0.2) is 4.79 Å². The maximum absolute atomic E-state index is 12.7. The van der Waals surface area contributed by atoms with Gasteiger partial charge in [0, 0.05) is 57.6 Å². The number of ether oxygens (including phenoxy) is 1. The molecule has 29 heavy (non-hydrogen) atoms. The third kappa shape index (κ3) is 4.58. The normalized spacial score (nSPS) is 22.3. The fourth-order valence-electron chi connectivity index (χ4n) is 4.42. The molecule has 2 aromatic rings. The lowest BCUT2D eigenvalue weighted by molar-refractivity contribution is 0.188. The van der Waals surface area contributed by atoms with Crippen molar-refractivity contribution in [3.63, 3.8) is 0 Å². The van der Waals surface area contributed by atoms with E-state index in [0.717, 1.165) is 30.7 Å². The number of hydrogen-bond acceptors (Lipinski definition) is 6. The van der Waals surface area contributed by atoms with E-state index in [-0.39, 0.29) is 17.9 Å². The van der Waals surface area contributed by atoms with Crippen molar-refractivity contribution < 1.29 is 14.1 Å². The first-order chi connectivity index (χ1) is 14.3. The van der Waals surface area contributed by atoms with E-state index < -0.39 is 0 Å². The Bertz CT molecular complexity index is 791. The number of pyridine rings is 1. The minimum absolute atomic E-state index is 0.0217. The van der Waals surface area contributed by atoms with Gasteiger partial charge in [-0.3, -0.25) is 4.98 Å². The van der Waals surface area contributed by atoms with Gasteiger partial charge in [0.05, 0.1) is 5.92 Å². The lowest BCUT2D eigenvalue weighted by Gasteiger charge is -2.17. The van der Waals surface area contributed by atoms with Crippen molar-refractivity contribution >= 4 is 6.03 Å². The van der Waals surface area contributed by atoms with Crippen LogP contribution in [-0.2, 0) is 4.74 Å². The number of nitrogens with zero attached hydrogens (tertiary/aromatic N) is 4. The summed E-state index contributed by atoms with van der Waals surface area (Å²) < 4.78 is 10.7. The summed E-state index contributed by atoms with van der Waals surface area (Å²) in [5.41, 5.74) is 1.09. The number of methoxy groups -OCH3 is 1.